The van der Waals surface area contributed by atoms with Crippen LogP contribution in [0.5, 0.6) is 0 Å². The van der Waals surface area contributed by atoms with Gasteiger partial charge in [0.05, 0.1) is 0 Å². The quantitative estimate of drug-likeness (QED) is 0.712. The van der Waals surface area contributed by atoms with Gasteiger partial charge in [-0.3, -0.25) is 0 Å². The average molecular weight is 215 g/mol. The Balaban J connectivity index is 2.17. The summed E-state index contributed by atoms with van der Waals surface area (Å²) in [5.74, 6) is 1.01. The number of nitrogens with zero attached hydrogens (tertiary/aromatic N) is 1. The highest BCUT2D eigenvalue weighted by Gasteiger charge is 2.18. The second-order valence-corrected chi connectivity index (χ2v) is 3.77. The predicted octanol–water partition coefficient (Wildman–Crippen LogP) is 3.33. The Bertz CT molecular complexity index is 406. The first-order valence-corrected chi connectivity index (χ1v) is 5.60. The maximum Gasteiger partial charge on any atom is 0.161 e. The molecule has 0 spiro atoms. The van der Waals surface area contributed by atoms with Crippen molar-refractivity contribution in [2.75, 3.05) is 18.2 Å². The van der Waals surface area contributed by atoms with Crippen LogP contribution in [0.1, 0.15) is 13.8 Å². The van der Waals surface area contributed by atoms with Gasteiger partial charge in [-0.1, -0.05) is 24.3 Å². The van der Waals surface area contributed by atoms with E-state index in [1.165, 1.54) is 11.3 Å². The zero-order valence-corrected chi connectivity index (χ0v) is 9.81. The van der Waals surface area contributed by atoms with Crippen LogP contribution in [-0.2, 0) is 4.74 Å². The Kier molecular flexibility index (Phi) is 3.30. The van der Waals surface area contributed by atoms with Gasteiger partial charge >= 0.3 is 0 Å². The van der Waals surface area contributed by atoms with E-state index in [2.05, 4.69) is 42.2 Å². The molecule has 1 saturated heterocycles. The first-order chi connectivity index (χ1) is 7.85. The Labute approximate surface area is 96.8 Å². The molecule has 1 heterocycles. The van der Waals surface area contributed by atoms with Gasteiger partial charge in [0.25, 0.3) is 0 Å². The highest BCUT2D eigenvalue weighted by atomic mass is 16.5. The van der Waals surface area contributed by atoms with Crippen LogP contribution in [0.2, 0.25) is 0 Å². The lowest BCUT2D eigenvalue weighted by molar-refractivity contribution is 0.201. The van der Waals surface area contributed by atoms with Gasteiger partial charge in [0.2, 0.25) is 0 Å². The fraction of sp³-hybridized carbons (Fsp3) is 0.286. The van der Waals surface area contributed by atoms with Crippen molar-refractivity contribution >= 4 is 5.69 Å². The van der Waals surface area contributed by atoms with Gasteiger partial charge < -0.3 is 9.64 Å². The second-order valence-electron chi connectivity index (χ2n) is 3.77. The summed E-state index contributed by atoms with van der Waals surface area (Å²) < 4.78 is 5.72. The van der Waals surface area contributed by atoms with E-state index < -0.39 is 0 Å². The third kappa shape index (κ3) is 2.11. The minimum Gasteiger partial charge on any atom is -0.473 e. The fourth-order valence-corrected chi connectivity index (χ4v) is 1.88. The van der Waals surface area contributed by atoms with Crippen molar-refractivity contribution in [3.63, 3.8) is 0 Å². The van der Waals surface area contributed by atoms with Crippen LogP contribution in [0.4, 0.5) is 5.69 Å². The number of hydrogen-bond acceptors (Lipinski definition) is 2. The number of ether oxygens (including phenoxy) is 1. The maximum absolute atomic E-state index is 5.72. The number of allylic oxidation sites excluding steroid dienone is 2. The van der Waals surface area contributed by atoms with E-state index in [0.29, 0.717) is 6.73 Å². The molecule has 0 aliphatic carbocycles. The highest BCUT2D eigenvalue weighted by molar-refractivity contribution is 5.49. The Hall–Kier alpha value is -1.70. The van der Waals surface area contributed by atoms with Crippen LogP contribution >= 0.6 is 0 Å². The monoisotopic (exact) mass is 215 g/mol. The number of rotatable bonds is 1. The lowest BCUT2D eigenvalue weighted by Gasteiger charge is -2.32. The molecule has 16 heavy (non-hydrogen) atoms. The van der Waals surface area contributed by atoms with Crippen LogP contribution in [0.3, 0.4) is 0 Å². The van der Waals surface area contributed by atoms with Crippen LogP contribution in [0.15, 0.2) is 53.8 Å². The summed E-state index contributed by atoms with van der Waals surface area (Å²) in [6, 6.07) is 10.3. The lowest BCUT2D eigenvalue weighted by atomic mass is 10.1. The minimum absolute atomic E-state index is 0.626. The zero-order valence-electron chi connectivity index (χ0n) is 9.81. The molecule has 0 aromatic heterocycles. The molecule has 2 nitrogen and oxygen atoms in total. The molecule has 2 heteroatoms. The van der Waals surface area contributed by atoms with Crippen LogP contribution in [0.25, 0.3) is 0 Å². The number of hydrogen-bond donors (Lipinski definition) is 0. The van der Waals surface area contributed by atoms with Crippen molar-refractivity contribution in [3.8, 4) is 0 Å². The highest BCUT2D eigenvalue weighted by Crippen LogP contribution is 2.24. The summed E-state index contributed by atoms with van der Waals surface area (Å²) in [7, 11) is 0. The second kappa shape index (κ2) is 4.88. The Morgan fingerprint density at radius 3 is 2.50 bits per heavy atom. The third-order valence-electron chi connectivity index (χ3n) is 2.79. The largest absolute Gasteiger partial charge is 0.473 e. The van der Waals surface area contributed by atoms with Gasteiger partial charge in [-0.15, -0.1) is 0 Å². The molecular formula is C14H17NO. The molecule has 0 bridgehead atoms. The summed E-state index contributed by atoms with van der Waals surface area (Å²) in [5.41, 5.74) is 2.45. The summed E-state index contributed by atoms with van der Waals surface area (Å²) in [5, 5.41) is 0. The van der Waals surface area contributed by atoms with E-state index >= 15 is 0 Å². The van der Waals surface area contributed by atoms with Crippen molar-refractivity contribution in [1.29, 1.82) is 0 Å². The molecule has 0 unspecified atom stereocenters. The van der Waals surface area contributed by atoms with E-state index in [9.17, 15) is 0 Å². The summed E-state index contributed by atoms with van der Waals surface area (Å²) in [6.07, 6.45) is 4.14. The molecule has 0 N–H and O–H groups in total. The van der Waals surface area contributed by atoms with Gasteiger partial charge in [0.1, 0.15) is 5.76 Å². The molecule has 0 amide bonds. The number of para-hydroxylation sites is 1. The van der Waals surface area contributed by atoms with E-state index in [0.717, 1.165) is 12.3 Å². The molecule has 84 valence electrons. The van der Waals surface area contributed by atoms with E-state index in [-0.39, 0.29) is 0 Å². The molecule has 2 rings (SSSR count). The van der Waals surface area contributed by atoms with E-state index in [1.807, 2.05) is 19.1 Å². The SMILES string of the molecule is C/C=C1/CN(c2ccccc2)CO/C1=C/C. The summed E-state index contributed by atoms with van der Waals surface area (Å²) in [6.45, 7) is 5.61. The Morgan fingerprint density at radius 1 is 1.12 bits per heavy atom. The zero-order chi connectivity index (χ0) is 11.4. The van der Waals surface area contributed by atoms with Crippen molar-refractivity contribution < 1.29 is 4.74 Å². The average Bonchev–Trinajstić information content (AvgIpc) is 2.39. The van der Waals surface area contributed by atoms with Crippen molar-refractivity contribution in [3.05, 3.63) is 53.8 Å². The van der Waals surface area contributed by atoms with Crippen LogP contribution in [0, 0.1) is 0 Å². The lowest BCUT2D eigenvalue weighted by Crippen LogP contribution is -2.33. The predicted molar refractivity (Wildman–Crippen MR) is 67.3 cm³/mol. The standard InChI is InChI=1S/C14H17NO/c1-3-12-10-15(11-16-14(12)4-2)13-8-6-5-7-9-13/h3-9H,10-11H2,1-2H3/b12-3-,14-4+. The van der Waals surface area contributed by atoms with Gasteiger partial charge in [-0.05, 0) is 32.1 Å². The molecule has 1 fully saturated rings. The van der Waals surface area contributed by atoms with Gasteiger partial charge in [-0.25, -0.2) is 0 Å². The van der Waals surface area contributed by atoms with E-state index in [1.54, 1.807) is 0 Å². The minimum atomic E-state index is 0.626. The number of anilines is 1. The third-order valence-corrected chi connectivity index (χ3v) is 2.79. The molecular weight excluding hydrogens is 198 g/mol. The molecule has 1 aliphatic heterocycles. The normalized spacial score (nSPS) is 21.2. The summed E-state index contributed by atoms with van der Waals surface area (Å²) >= 11 is 0. The molecule has 1 aliphatic rings. The van der Waals surface area contributed by atoms with Gasteiger partial charge in [-0.2, -0.15) is 0 Å². The Morgan fingerprint density at radius 2 is 1.88 bits per heavy atom. The topological polar surface area (TPSA) is 12.5 Å². The van der Waals surface area contributed by atoms with Gasteiger partial charge in [0.15, 0.2) is 6.73 Å². The van der Waals surface area contributed by atoms with Crippen molar-refractivity contribution in [2.24, 2.45) is 0 Å². The van der Waals surface area contributed by atoms with Crippen molar-refractivity contribution in [2.45, 2.75) is 13.8 Å². The first kappa shape index (κ1) is 10.8. The molecule has 0 saturated carbocycles. The summed E-state index contributed by atoms with van der Waals surface area (Å²) in [4.78, 5) is 2.22. The maximum atomic E-state index is 5.72. The van der Waals surface area contributed by atoms with Crippen molar-refractivity contribution in [1.82, 2.24) is 0 Å². The molecule has 1 aromatic rings. The number of benzene rings is 1. The molecule has 1 aromatic carbocycles. The smallest absolute Gasteiger partial charge is 0.161 e. The molecule has 0 atom stereocenters. The first-order valence-electron chi connectivity index (χ1n) is 5.60. The van der Waals surface area contributed by atoms with Crippen LogP contribution in [-0.4, -0.2) is 13.3 Å². The fourth-order valence-electron chi connectivity index (χ4n) is 1.88. The molecule has 0 radical (unpaired) electrons. The van der Waals surface area contributed by atoms with Gasteiger partial charge in [0, 0.05) is 17.8 Å². The van der Waals surface area contributed by atoms with Crippen LogP contribution < -0.4 is 4.90 Å². The van der Waals surface area contributed by atoms with E-state index in [4.69, 9.17) is 4.74 Å².